The molecule has 0 fully saturated rings. The summed E-state index contributed by atoms with van der Waals surface area (Å²) in [7, 11) is 1.64. The third-order valence-corrected chi connectivity index (χ3v) is 3.94. The van der Waals surface area contributed by atoms with Crippen LogP contribution in [0.1, 0.15) is 11.4 Å². The summed E-state index contributed by atoms with van der Waals surface area (Å²) in [6.07, 6.45) is 0. The van der Waals surface area contributed by atoms with Crippen LogP contribution in [0.2, 0.25) is 0 Å². The van der Waals surface area contributed by atoms with Crippen molar-refractivity contribution in [3.05, 3.63) is 35.7 Å². The van der Waals surface area contributed by atoms with Crippen molar-refractivity contribution < 1.29 is 9.84 Å². The average Bonchev–Trinajstić information content (AvgIpc) is 2.95. The van der Waals surface area contributed by atoms with E-state index in [1.165, 1.54) is 11.3 Å². The molecular formula is C13H13N3O2S. The van der Waals surface area contributed by atoms with Gasteiger partial charge in [0.1, 0.15) is 10.8 Å². The number of aliphatic hydroxyl groups excluding tert-OH is 1. The van der Waals surface area contributed by atoms with Gasteiger partial charge in [-0.15, -0.1) is 0 Å². The quantitative estimate of drug-likeness (QED) is 0.796. The lowest BCUT2D eigenvalue weighted by molar-refractivity contribution is 0.273. The molecule has 19 heavy (non-hydrogen) atoms. The number of rotatable bonds is 3. The fourth-order valence-corrected chi connectivity index (χ4v) is 2.89. The molecule has 0 aliphatic carbocycles. The molecule has 6 heteroatoms. The smallest absolute Gasteiger partial charge is 0.213 e. The zero-order valence-corrected chi connectivity index (χ0v) is 11.4. The fraction of sp³-hybridized carbons (Fsp3) is 0.231. The SMILES string of the molecule is COc1ccc(-c2nn3c(CO)c(C)nc3s2)cc1. The van der Waals surface area contributed by atoms with E-state index in [9.17, 15) is 5.11 Å². The van der Waals surface area contributed by atoms with Crippen molar-refractivity contribution in [2.24, 2.45) is 0 Å². The van der Waals surface area contributed by atoms with Gasteiger partial charge in [0.15, 0.2) is 0 Å². The zero-order valence-electron chi connectivity index (χ0n) is 10.6. The molecule has 0 radical (unpaired) electrons. The number of fused-ring (bicyclic) bond motifs is 1. The van der Waals surface area contributed by atoms with Gasteiger partial charge in [0, 0.05) is 5.56 Å². The Morgan fingerprint density at radius 1 is 1.32 bits per heavy atom. The van der Waals surface area contributed by atoms with E-state index >= 15 is 0 Å². The van der Waals surface area contributed by atoms with Crippen LogP contribution < -0.4 is 4.74 Å². The maximum atomic E-state index is 9.34. The summed E-state index contributed by atoms with van der Waals surface area (Å²) in [5.41, 5.74) is 2.58. The van der Waals surface area contributed by atoms with E-state index in [0.717, 1.165) is 32.7 Å². The van der Waals surface area contributed by atoms with Crippen molar-refractivity contribution in [2.45, 2.75) is 13.5 Å². The van der Waals surface area contributed by atoms with Crippen LogP contribution in [0.15, 0.2) is 24.3 Å². The second-order valence-corrected chi connectivity index (χ2v) is 5.09. The molecule has 2 heterocycles. The Morgan fingerprint density at radius 3 is 2.68 bits per heavy atom. The first kappa shape index (κ1) is 12.1. The Kier molecular flexibility index (Phi) is 2.96. The van der Waals surface area contributed by atoms with Gasteiger partial charge in [0.2, 0.25) is 4.96 Å². The van der Waals surface area contributed by atoms with Crippen LogP contribution >= 0.6 is 11.3 Å². The summed E-state index contributed by atoms with van der Waals surface area (Å²) in [4.78, 5) is 5.20. The summed E-state index contributed by atoms with van der Waals surface area (Å²) < 4.78 is 6.84. The highest BCUT2D eigenvalue weighted by Gasteiger charge is 2.13. The zero-order chi connectivity index (χ0) is 13.4. The molecule has 0 saturated carbocycles. The molecular weight excluding hydrogens is 262 g/mol. The molecule has 1 aromatic carbocycles. The highest BCUT2D eigenvalue weighted by Crippen LogP contribution is 2.28. The van der Waals surface area contributed by atoms with Crippen molar-refractivity contribution in [2.75, 3.05) is 7.11 Å². The second-order valence-electron chi connectivity index (χ2n) is 4.13. The number of aryl methyl sites for hydroxylation is 1. The lowest BCUT2D eigenvalue weighted by Gasteiger charge is -2.00. The van der Waals surface area contributed by atoms with E-state index < -0.39 is 0 Å². The monoisotopic (exact) mass is 275 g/mol. The van der Waals surface area contributed by atoms with Gasteiger partial charge in [-0.25, -0.2) is 9.50 Å². The molecule has 3 aromatic rings. The van der Waals surface area contributed by atoms with Gasteiger partial charge in [-0.3, -0.25) is 0 Å². The minimum absolute atomic E-state index is 0.0568. The lowest BCUT2D eigenvalue weighted by Crippen LogP contribution is -1.95. The molecule has 0 atom stereocenters. The third-order valence-electron chi connectivity index (χ3n) is 2.98. The first-order chi connectivity index (χ1) is 9.22. The van der Waals surface area contributed by atoms with E-state index in [-0.39, 0.29) is 6.61 Å². The van der Waals surface area contributed by atoms with Gasteiger partial charge in [-0.2, -0.15) is 5.10 Å². The van der Waals surface area contributed by atoms with Crippen LogP contribution in [0, 0.1) is 6.92 Å². The predicted octanol–water partition coefficient (Wildman–Crippen LogP) is 2.27. The molecule has 0 aliphatic heterocycles. The molecule has 3 rings (SSSR count). The first-order valence-corrected chi connectivity index (χ1v) is 6.65. The highest BCUT2D eigenvalue weighted by molar-refractivity contribution is 7.19. The maximum Gasteiger partial charge on any atom is 0.213 e. The van der Waals surface area contributed by atoms with Gasteiger partial charge in [-0.05, 0) is 31.2 Å². The van der Waals surface area contributed by atoms with Crippen molar-refractivity contribution in [3.8, 4) is 16.3 Å². The van der Waals surface area contributed by atoms with Crippen molar-refractivity contribution in [1.29, 1.82) is 0 Å². The van der Waals surface area contributed by atoms with Gasteiger partial charge in [0.05, 0.1) is 25.1 Å². The van der Waals surface area contributed by atoms with Crippen molar-refractivity contribution >= 4 is 16.3 Å². The Bertz CT molecular complexity index is 715. The largest absolute Gasteiger partial charge is 0.497 e. The number of hydrogen-bond donors (Lipinski definition) is 1. The molecule has 0 unspecified atom stereocenters. The molecule has 0 bridgehead atoms. The number of ether oxygens (including phenoxy) is 1. The maximum absolute atomic E-state index is 9.34. The second kappa shape index (κ2) is 4.64. The Balaban J connectivity index is 2.07. The standard InChI is InChI=1S/C13H13N3O2S/c1-8-11(7-17)16-13(14-8)19-12(15-16)9-3-5-10(18-2)6-4-9/h3-6,17H,7H2,1-2H3. The minimum atomic E-state index is -0.0568. The van der Waals surface area contributed by atoms with E-state index in [2.05, 4.69) is 10.1 Å². The van der Waals surface area contributed by atoms with E-state index in [0.29, 0.717) is 0 Å². The van der Waals surface area contributed by atoms with Gasteiger partial charge >= 0.3 is 0 Å². The molecule has 0 aliphatic rings. The van der Waals surface area contributed by atoms with Gasteiger partial charge in [0.25, 0.3) is 0 Å². The topological polar surface area (TPSA) is 59.7 Å². The molecule has 5 nitrogen and oxygen atoms in total. The van der Waals surface area contributed by atoms with E-state index in [1.54, 1.807) is 11.6 Å². The summed E-state index contributed by atoms with van der Waals surface area (Å²) in [5.74, 6) is 0.817. The van der Waals surface area contributed by atoms with Gasteiger partial charge in [-0.1, -0.05) is 11.3 Å². The Morgan fingerprint density at radius 2 is 2.05 bits per heavy atom. The normalized spacial score (nSPS) is 11.1. The number of benzene rings is 1. The Hall–Kier alpha value is -1.92. The molecule has 98 valence electrons. The number of nitrogens with zero attached hydrogens (tertiary/aromatic N) is 3. The molecule has 2 aromatic heterocycles. The fourth-order valence-electron chi connectivity index (χ4n) is 1.92. The predicted molar refractivity (Wildman–Crippen MR) is 73.5 cm³/mol. The van der Waals surface area contributed by atoms with Crippen LogP contribution in [-0.2, 0) is 6.61 Å². The van der Waals surface area contributed by atoms with Crippen molar-refractivity contribution in [3.63, 3.8) is 0 Å². The number of aromatic nitrogens is 3. The summed E-state index contributed by atoms with van der Waals surface area (Å²) in [6, 6.07) is 7.72. The van der Waals surface area contributed by atoms with Crippen LogP contribution in [0.3, 0.4) is 0 Å². The van der Waals surface area contributed by atoms with Crippen LogP contribution in [0.4, 0.5) is 0 Å². The third kappa shape index (κ3) is 1.98. The number of imidazole rings is 1. The summed E-state index contributed by atoms with van der Waals surface area (Å²) in [6.45, 7) is 1.82. The van der Waals surface area contributed by atoms with E-state index in [1.807, 2.05) is 31.2 Å². The summed E-state index contributed by atoms with van der Waals surface area (Å²) in [5, 5.41) is 14.7. The molecule has 0 amide bonds. The number of methoxy groups -OCH3 is 1. The average molecular weight is 275 g/mol. The minimum Gasteiger partial charge on any atom is -0.497 e. The van der Waals surface area contributed by atoms with E-state index in [4.69, 9.17) is 4.74 Å². The van der Waals surface area contributed by atoms with Crippen LogP contribution in [0.5, 0.6) is 5.75 Å². The number of hydrogen-bond acceptors (Lipinski definition) is 5. The first-order valence-electron chi connectivity index (χ1n) is 5.83. The highest BCUT2D eigenvalue weighted by atomic mass is 32.1. The Labute approximate surface area is 114 Å². The molecule has 0 saturated heterocycles. The molecule has 0 spiro atoms. The van der Waals surface area contributed by atoms with Crippen LogP contribution in [0.25, 0.3) is 15.5 Å². The van der Waals surface area contributed by atoms with Gasteiger partial charge < -0.3 is 9.84 Å². The van der Waals surface area contributed by atoms with Crippen molar-refractivity contribution in [1.82, 2.24) is 14.6 Å². The number of aliphatic hydroxyl groups is 1. The lowest BCUT2D eigenvalue weighted by atomic mass is 10.2. The molecule has 1 N–H and O–H groups in total. The summed E-state index contributed by atoms with van der Waals surface area (Å²) >= 11 is 1.50. The van der Waals surface area contributed by atoms with Crippen LogP contribution in [-0.4, -0.2) is 26.8 Å².